The van der Waals surface area contributed by atoms with Crippen LogP contribution in [0.1, 0.15) is 75.9 Å². The van der Waals surface area contributed by atoms with Crippen LogP contribution in [0.25, 0.3) is 17.1 Å². The van der Waals surface area contributed by atoms with Gasteiger partial charge in [0.1, 0.15) is 18.8 Å². The van der Waals surface area contributed by atoms with Gasteiger partial charge in [0.25, 0.3) is 12.3 Å². The van der Waals surface area contributed by atoms with Gasteiger partial charge in [-0.25, -0.2) is 37.8 Å². The van der Waals surface area contributed by atoms with E-state index in [4.69, 9.17) is 22.1 Å². The van der Waals surface area contributed by atoms with E-state index in [0.717, 1.165) is 22.0 Å². The van der Waals surface area contributed by atoms with Crippen LogP contribution in [-0.4, -0.2) is 60.3 Å². The topological polar surface area (TPSA) is 141 Å². The number of hydrogen-bond acceptors (Lipinski definition) is 9. The molecule has 1 fully saturated rings. The number of carbonyl (C=O) groups excluding carboxylic acids is 2. The first-order chi connectivity index (χ1) is 24.9. The van der Waals surface area contributed by atoms with E-state index in [0.29, 0.717) is 5.56 Å². The van der Waals surface area contributed by atoms with Gasteiger partial charge in [0.2, 0.25) is 0 Å². The fourth-order valence-corrected chi connectivity index (χ4v) is 6.70. The number of guanidine groups is 1. The summed E-state index contributed by atoms with van der Waals surface area (Å²) in [4.78, 5) is 45.2. The zero-order valence-corrected chi connectivity index (χ0v) is 29.3. The summed E-state index contributed by atoms with van der Waals surface area (Å²) in [5.74, 6) is -3.80. The number of nitrogens with two attached hydrogens (primary N) is 1. The van der Waals surface area contributed by atoms with Gasteiger partial charge in [-0.3, -0.25) is 14.5 Å². The highest BCUT2D eigenvalue weighted by Crippen LogP contribution is 2.60. The number of ether oxygens (including phenoxy) is 1. The monoisotopic (exact) mass is 762 g/mol. The average Bonchev–Trinajstić information content (AvgIpc) is 3.63. The van der Waals surface area contributed by atoms with E-state index < -0.39 is 77.5 Å². The number of carbonyl (C=O) groups is 2. The Morgan fingerprint density at radius 3 is 2.36 bits per heavy atom. The van der Waals surface area contributed by atoms with Gasteiger partial charge >= 0.3 is 12.1 Å². The SMILES string of the molecule is CC(C)(C)C[C@]1(c2ccc(-c3ncccn3)cc2F)N=C(N)N(C(COC(=O)CC2(C(F)(F)F)CC2)c2ccc(Cl)c(-n3ncnc3C(F)F)c2)C1=O. The van der Waals surface area contributed by atoms with Crippen molar-refractivity contribution in [3.8, 4) is 17.1 Å². The summed E-state index contributed by atoms with van der Waals surface area (Å²) in [6, 6.07) is 8.22. The molecule has 1 saturated carbocycles. The van der Waals surface area contributed by atoms with Crippen molar-refractivity contribution in [1.29, 1.82) is 0 Å². The van der Waals surface area contributed by atoms with Gasteiger partial charge in [0.15, 0.2) is 23.1 Å². The van der Waals surface area contributed by atoms with Crippen molar-refractivity contribution in [2.75, 3.05) is 6.61 Å². The number of nitrogens with zero attached hydrogens (tertiary/aromatic N) is 7. The average molecular weight is 763 g/mol. The fourth-order valence-electron chi connectivity index (χ4n) is 6.51. The Balaban J connectivity index is 1.43. The van der Waals surface area contributed by atoms with Crippen LogP contribution in [0.15, 0.2) is 66.2 Å². The fraction of sp³-hybridized carbons (Fsp3) is 0.400. The summed E-state index contributed by atoms with van der Waals surface area (Å²) < 4.78 is 91.2. The number of hydrogen-bond donors (Lipinski definition) is 1. The minimum atomic E-state index is -4.64. The van der Waals surface area contributed by atoms with E-state index in [1.54, 1.807) is 26.8 Å². The lowest BCUT2D eigenvalue weighted by Crippen LogP contribution is -2.47. The van der Waals surface area contributed by atoms with E-state index in [2.05, 4.69) is 25.0 Å². The van der Waals surface area contributed by atoms with E-state index in [1.807, 2.05) is 0 Å². The molecule has 1 aliphatic heterocycles. The molecule has 3 heterocycles. The Hall–Kier alpha value is -5.06. The van der Waals surface area contributed by atoms with Crippen molar-refractivity contribution in [3.05, 3.63) is 89.0 Å². The van der Waals surface area contributed by atoms with Gasteiger partial charge in [-0.2, -0.15) is 18.3 Å². The lowest BCUT2D eigenvalue weighted by atomic mass is 9.75. The van der Waals surface area contributed by atoms with Gasteiger partial charge in [0, 0.05) is 23.5 Å². The third-order valence-electron chi connectivity index (χ3n) is 9.15. The van der Waals surface area contributed by atoms with Crippen LogP contribution < -0.4 is 5.73 Å². The number of benzene rings is 2. The molecule has 18 heteroatoms. The molecule has 6 rings (SSSR count). The number of aliphatic imine (C=N–C) groups is 1. The molecule has 0 saturated heterocycles. The van der Waals surface area contributed by atoms with Crippen LogP contribution in [0.2, 0.25) is 5.02 Å². The van der Waals surface area contributed by atoms with E-state index >= 15 is 4.39 Å². The molecule has 2 atom stereocenters. The molecule has 1 aliphatic carbocycles. The lowest BCUT2D eigenvalue weighted by molar-refractivity contribution is -0.195. The van der Waals surface area contributed by atoms with Crippen molar-refractivity contribution in [2.45, 2.75) is 70.6 Å². The molecule has 2 N–H and O–H groups in total. The number of aromatic nitrogens is 5. The maximum Gasteiger partial charge on any atom is 0.395 e. The normalized spacial score (nSPS) is 19.0. The van der Waals surface area contributed by atoms with Crippen molar-refractivity contribution in [3.63, 3.8) is 0 Å². The van der Waals surface area contributed by atoms with Crippen LogP contribution in [0, 0.1) is 16.6 Å². The van der Waals surface area contributed by atoms with Crippen LogP contribution in [-0.2, 0) is 19.9 Å². The minimum Gasteiger partial charge on any atom is -0.463 e. The number of esters is 1. The summed E-state index contributed by atoms with van der Waals surface area (Å²) in [5.41, 5.74) is 1.80. The Morgan fingerprint density at radius 2 is 1.75 bits per heavy atom. The summed E-state index contributed by atoms with van der Waals surface area (Å²) in [6.45, 7) is 4.67. The van der Waals surface area contributed by atoms with Gasteiger partial charge in [-0.1, -0.05) is 50.6 Å². The number of amides is 1. The molecule has 1 unspecified atom stereocenters. The Labute approximate surface area is 304 Å². The third-order valence-corrected chi connectivity index (χ3v) is 9.47. The standard InChI is InChI=1S/C35H33ClF6N8O3/c1-32(2,3)17-34(21-7-5-20(13-23(21)37)28-44-11-4-12-45-28)30(52)49(31(43)48-34)25(16-53-26(51)15-33(9-10-33)35(40,41)42)19-6-8-22(36)24(14-19)50-29(27(38)39)46-18-47-50/h4-8,11-14,18,25,27H,9-10,15-17H2,1-3H3,(H2,43,48)/t25?,34-/m1/s1. The maximum atomic E-state index is 16.2. The number of halogens is 7. The zero-order chi connectivity index (χ0) is 38.5. The minimum absolute atomic E-state index is 0.0567. The molecular formula is C35H33ClF6N8O3. The number of rotatable bonds is 11. The van der Waals surface area contributed by atoms with Crippen LogP contribution >= 0.6 is 11.6 Å². The summed E-state index contributed by atoms with van der Waals surface area (Å²) in [5, 5.41) is 3.80. The molecule has 0 spiro atoms. The molecule has 53 heavy (non-hydrogen) atoms. The smallest absolute Gasteiger partial charge is 0.395 e. The van der Waals surface area contributed by atoms with Crippen molar-refractivity contribution < 1.29 is 40.7 Å². The second kappa shape index (κ2) is 13.7. The van der Waals surface area contributed by atoms with Gasteiger partial charge in [-0.15, -0.1) is 0 Å². The summed E-state index contributed by atoms with van der Waals surface area (Å²) in [7, 11) is 0. The highest BCUT2D eigenvalue weighted by atomic mass is 35.5. The molecule has 2 aromatic carbocycles. The maximum absolute atomic E-state index is 16.2. The molecule has 0 radical (unpaired) electrons. The lowest BCUT2D eigenvalue weighted by Gasteiger charge is -2.35. The van der Waals surface area contributed by atoms with Crippen molar-refractivity contribution in [1.82, 2.24) is 29.6 Å². The van der Waals surface area contributed by atoms with E-state index in [1.165, 1.54) is 42.7 Å². The molecule has 0 bridgehead atoms. The predicted molar refractivity (Wildman–Crippen MR) is 179 cm³/mol. The third kappa shape index (κ3) is 7.30. The van der Waals surface area contributed by atoms with Gasteiger partial charge < -0.3 is 10.5 Å². The molecular weight excluding hydrogens is 730 g/mol. The molecule has 4 aromatic rings. The Morgan fingerprint density at radius 1 is 1.06 bits per heavy atom. The molecule has 280 valence electrons. The van der Waals surface area contributed by atoms with E-state index in [-0.39, 0.29) is 46.9 Å². The van der Waals surface area contributed by atoms with E-state index in [9.17, 15) is 31.5 Å². The van der Waals surface area contributed by atoms with Crippen molar-refractivity contribution >= 4 is 29.4 Å². The molecule has 2 aliphatic rings. The zero-order valence-electron chi connectivity index (χ0n) is 28.5. The first-order valence-corrected chi connectivity index (χ1v) is 16.7. The molecule has 1 amide bonds. The second-order valence-electron chi connectivity index (χ2n) is 14.2. The molecule has 11 nitrogen and oxygen atoms in total. The van der Waals surface area contributed by atoms with Gasteiger partial charge in [-0.05, 0) is 54.5 Å². The molecule has 2 aromatic heterocycles. The largest absolute Gasteiger partial charge is 0.463 e. The Kier molecular flexibility index (Phi) is 9.76. The highest BCUT2D eigenvalue weighted by molar-refractivity contribution is 6.32. The quantitative estimate of drug-likeness (QED) is 0.124. The summed E-state index contributed by atoms with van der Waals surface area (Å²) in [6.07, 6.45) is -5.38. The van der Waals surface area contributed by atoms with Crippen LogP contribution in [0.3, 0.4) is 0 Å². The Bertz CT molecular complexity index is 2070. The van der Waals surface area contributed by atoms with Crippen molar-refractivity contribution in [2.24, 2.45) is 21.6 Å². The van der Waals surface area contributed by atoms with Crippen LogP contribution in [0.5, 0.6) is 0 Å². The highest BCUT2D eigenvalue weighted by Gasteiger charge is 2.64. The summed E-state index contributed by atoms with van der Waals surface area (Å²) >= 11 is 6.40. The second-order valence-corrected chi connectivity index (χ2v) is 14.6. The number of alkyl halides is 5. The first-order valence-electron chi connectivity index (χ1n) is 16.3. The predicted octanol–water partition coefficient (Wildman–Crippen LogP) is 7.26. The van der Waals surface area contributed by atoms with Crippen LogP contribution in [0.4, 0.5) is 26.3 Å². The first kappa shape index (κ1) is 37.7. The van der Waals surface area contributed by atoms with Gasteiger partial charge in [0.05, 0.1) is 28.6 Å².